The van der Waals surface area contributed by atoms with Crippen LogP contribution in [0.2, 0.25) is 0 Å². The monoisotopic (exact) mass is 411 g/mol. The number of methoxy groups -OCH3 is 1. The zero-order chi connectivity index (χ0) is 15.1. The predicted octanol–water partition coefficient (Wildman–Crippen LogP) is 3.59. The minimum absolute atomic E-state index is 0. The average molecular weight is 411 g/mol. The normalized spacial score (nSPS) is 10.7. The van der Waals surface area contributed by atoms with E-state index < -0.39 is 0 Å². The Morgan fingerprint density at radius 3 is 2.68 bits per heavy atom. The van der Waals surface area contributed by atoms with E-state index in [1.807, 2.05) is 36.4 Å². The van der Waals surface area contributed by atoms with Gasteiger partial charge in [0.2, 0.25) is 0 Å². The van der Waals surface area contributed by atoms with Crippen molar-refractivity contribution in [3.05, 3.63) is 59.7 Å². The molecule has 5 heteroatoms. The van der Waals surface area contributed by atoms with Gasteiger partial charge in [0.25, 0.3) is 0 Å². The van der Waals surface area contributed by atoms with E-state index in [2.05, 4.69) is 29.4 Å². The summed E-state index contributed by atoms with van der Waals surface area (Å²) >= 11 is 0. The van der Waals surface area contributed by atoms with E-state index in [4.69, 9.17) is 10.5 Å². The second-order valence-corrected chi connectivity index (χ2v) is 4.80. The number of nitrogens with one attached hydrogen (secondary N) is 1. The maximum Gasteiger partial charge on any atom is 0.193 e. The number of halogens is 1. The summed E-state index contributed by atoms with van der Waals surface area (Å²) in [5.74, 6) is 1.20. The fourth-order valence-electron chi connectivity index (χ4n) is 2.08. The molecule has 0 atom stereocenters. The second-order valence-electron chi connectivity index (χ2n) is 4.80. The van der Waals surface area contributed by atoms with Crippen molar-refractivity contribution < 1.29 is 4.74 Å². The Hall–Kier alpha value is -1.76. The van der Waals surface area contributed by atoms with Crippen LogP contribution in [0.4, 0.5) is 5.69 Å². The molecule has 118 valence electrons. The molecule has 0 bridgehead atoms. The van der Waals surface area contributed by atoms with Crippen molar-refractivity contribution in [2.24, 2.45) is 10.7 Å². The van der Waals surface area contributed by atoms with Crippen LogP contribution in [0, 0.1) is 6.92 Å². The Morgan fingerprint density at radius 2 is 1.95 bits per heavy atom. The van der Waals surface area contributed by atoms with E-state index >= 15 is 0 Å². The van der Waals surface area contributed by atoms with Crippen LogP contribution in [0.25, 0.3) is 0 Å². The maximum atomic E-state index is 5.90. The quantitative estimate of drug-likeness (QED) is 0.449. The fourth-order valence-corrected chi connectivity index (χ4v) is 2.08. The van der Waals surface area contributed by atoms with E-state index in [1.165, 1.54) is 11.1 Å². The van der Waals surface area contributed by atoms with E-state index in [0.717, 1.165) is 17.9 Å². The predicted molar refractivity (Wildman–Crippen MR) is 103 cm³/mol. The van der Waals surface area contributed by atoms with Crippen molar-refractivity contribution in [2.45, 2.75) is 13.3 Å². The van der Waals surface area contributed by atoms with Crippen molar-refractivity contribution >= 4 is 35.6 Å². The fraction of sp³-hybridized carbons (Fsp3) is 0.235. The number of hydrogen-bond acceptors (Lipinski definition) is 2. The zero-order valence-corrected chi connectivity index (χ0v) is 15.2. The second kappa shape index (κ2) is 9.30. The Balaban J connectivity index is 0.00000242. The summed E-state index contributed by atoms with van der Waals surface area (Å²) in [5, 5.41) is 3.07. The molecule has 0 fully saturated rings. The number of benzene rings is 2. The van der Waals surface area contributed by atoms with Crippen molar-refractivity contribution in [2.75, 3.05) is 19.0 Å². The van der Waals surface area contributed by atoms with Crippen LogP contribution in [-0.2, 0) is 6.42 Å². The van der Waals surface area contributed by atoms with Crippen LogP contribution in [-0.4, -0.2) is 19.6 Å². The first-order valence-electron chi connectivity index (χ1n) is 6.94. The van der Waals surface area contributed by atoms with Gasteiger partial charge in [-0.05, 0) is 36.6 Å². The lowest BCUT2D eigenvalue weighted by atomic mass is 10.1. The zero-order valence-electron chi connectivity index (χ0n) is 12.9. The van der Waals surface area contributed by atoms with E-state index in [9.17, 15) is 0 Å². The van der Waals surface area contributed by atoms with Gasteiger partial charge in [-0.15, -0.1) is 24.0 Å². The molecule has 0 radical (unpaired) electrons. The average Bonchev–Trinajstić information content (AvgIpc) is 2.49. The number of nitrogens with two attached hydrogens (primary N) is 1. The van der Waals surface area contributed by atoms with Gasteiger partial charge in [0.1, 0.15) is 5.75 Å². The smallest absolute Gasteiger partial charge is 0.193 e. The minimum atomic E-state index is 0. The Labute approximate surface area is 148 Å². The minimum Gasteiger partial charge on any atom is -0.497 e. The molecule has 0 aliphatic heterocycles. The molecular formula is C17H22IN3O. The Kier molecular flexibility index (Phi) is 7.73. The van der Waals surface area contributed by atoms with E-state index in [0.29, 0.717) is 12.5 Å². The molecule has 22 heavy (non-hydrogen) atoms. The van der Waals surface area contributed by atoms with Gasteiger partial charge in [-0.3, -0.25) is 4.99 Å². The van der Waals surface area contributed by atoms with Gasteiger partial charge in [-0.25, -0.2) is 0 Å². The molecule has 0 saturated heterocycles. The lowest BCUT2D eigenvalue weighted by Gasteiger charge is -2.08. The van der Waals surface area contributed by atoms with E-state index in [-0.39, 0.29) is 24.0 Å². The summed E-state index contributed by atoms with van der Waals surface area (Å²) in [6.45, 7) is 2.77. The third-order valence-electron chi connectivity index (χ3n) is 3.27. The number of aliphatic imine (C=N–C) groups is 1. The highest BCUT2D eigenvalue weighted by Crippen LogP contribution is 2.16. The van der Waals surface area contributed by atoms with Crippen LogP contribution < -0.4 is 15.8 Å². The largest absolute Gasteiger partial charge is 0.497 e. The van der Waals surface area contributed by atoms with Crippen LogP contribution in [0.15, 0.2) is 53.5 Å². The molecule has 3 N–H and O–H groups in total. The molecule has 2 aromatic carbocycles. The van der Waals surface area contributed by atoms with Gasteiger partial charge in [0, 0.05) is 18.3 Å². The molecule has 0 aromatic heterocycles. The third-order valence-corrected chi connectivity index (χ3v) is 3.27. The molecule has 0 unspecified atom stereocenters. The topological polar surface area (TPSA) is 59.6 Å². The van der Waals surface area contributed by atoms with Crippen LogP contribution >= 0.6 is 24.0 Å². The number of ether oxygens (including phenoxy) is 1. The highest BCUT2D eigenvalue weighted by Gasteiger charge is 1.99. The highest BCUT2D eigenvalue weighted by atomic mass is 127. The molecule has 0 aliphatic carbocycles. The molecule has 0 amide bonds. The molecule has 0 spiro atoms. The first-order valence-corrected chi connectivity index (χ1v) is 6.94. The van der Waals surface area contributed by atoms with Crippen LogP contribution in [0.1, 0.15) is 11.1 Å². The van der Waals surface area contributed by atoms with E-state index in [1.54, 1.807) is 7.11 Å². The third kappa shape index (κ3) is 5.55. The number of nitrogens with zero attached hydrogens (tertiary/aromatic N) is 1. The SMILES string of the molecule is COc1cccc(NC(N)=NCCc2ccccc2C)c1.I. The van der Waals surface area contributed by atoms with Crippen molar-refractivity contribution in [1.29, 1.82) is 0 Å². The van der Waals surface area contributed by atoms with Gasteiger partial charge in [-0.1, -0.05) is 30.3 Å². The summed E-state index contributed by atoms with van der Waals surface area (Å²) in [6.07, 6.45) is 0.882. The molecule has 0 heterocycles. The van der Waals surface area contributed by atoms with Gasteiger partial charge >= 0.3 is 0 Å². The van der Waals surface area contributed by atoms with Crippen LogP contribution in [0.5, 0.6) is 5.75 Å². The summed E-state index contributed by atoms with van der Waals surface area (Å²) < 4.78 is 5.17. The molecule has 4 nitrogen and oxygen atoms in total. The van der Waals surface area contributed by atoms with Crippen LogP contribution in [0.3, 0.4) is 0 Å². The number of rotatable bonds is 5. The maximum absolute atomic E-state index is 5.90. The Morgan fingerprint density at radius 1 is 1.18 bits per heavy atom. The Bertz CT molecular complexity index is 629. The number of hydrogen-bond donors (Lipinski definition) is 2. The van der Waals surface area contributed by atoms with Crippen molar-refractivity contribution in [3.8, 4) is 5.75 Å². The summed E-state index contributed by atoms with van der Waals surface area (Å²) in [5.41, 5.74) is 9.35. The first kappa shape index (κ1) is 18.3. The molecular weight excluding hydrogens is 389 g/mol. The molecule has 2 rings (SSSR count). The lowest BCUT2D eigenvalue weighted by molar-refractivity contribution is 0.415. The molecule has 2 aromatic rings. The van der Waals surface area contributed by atoms with Gasteiger partial charge in [-0.2, -0.15) is 0 Å². The summed E-state index contributed by atoms with van der Waals surface area (Å²) in [7, 11) is 1.64. The summed E-state index contributed by atoms with van der Waals surface area (Å²) in [4.78, 5) is 4.35. The van der Waals surface area contributed by atoms with Crippen molar-refractivity contribution in [3.63, 3.8) is 0 Å². The number of guanidine groups is 1. The number of aryl methyl sites for hydroxylation is 1. The summed E-state index contributed by atoms with van der Waals surface area (Å²) in [6, 6.07) is 15.9. The standard InChI is InChI=1S/C17H21N3O.HI/c1-13-6-3-4-7-14(13)10-11-19-17(18)20-15-8-5-9-16(12-15)21-2;/h3-9,12H,10-11H2,1-2H3,(H3,18,19,20);1H. The molecule has 0 aliphatic rings. The van der Waals surface area contributed by atoms with Gasteiger partial charge < -0.3 is 15.8 Å². The van der Waals surface area contributed by atoms with Crippen molar-refractivity contribution in [1.82, 2.24) is 0 Å². The van der Waals surface area contributed by atoms with Gasteiger partial charge in [0.15, 0.2) is 5.96 Å². The number of anilines is 1. The lowest BCUT2D eigenvalue weighted by Crippen LogP contribution is -2.23. The first-order chi connectivity index (χ1) is 10.2. The van der Waals surface area contributed by atoms with Gasteiger partial charge in [0.05, 0.1) is 7.11 Å². The molecule has 0 saturated carbocycles. The highest BCUT2D eigenvalue weighted by molar-refractivity contribution is 14.0.